The maximum atomic E-state index is 2.47. The molecule has 0 aliphatic carbocycles. The molecule has 1 heteroatoms. The summed E-state index contributed by atoms with van der Waals surface area (Å²) in [5.74, 6) is 0. The molecule has 0 N–H and O–H groups in total. The number of rotatable bonds is 6. The van der Waals surface area contributed by atoms with Gasteiger partial charge in [0.2, 0.25) is 0 Å². The quantitative estimate of drug-likeness (QED) is 0.569. The van der Waals surface area contributed by atoms with Crippen LogP contribution in [0.3, 0.4) is 0 Å². The van der Waals surface area contributed by atoms with Crippen molar-refractivity contribution in [2.45, 2.75) is 34.1 Å². The van der Waals surface area contributed by atoms with Crippen molar-refractivity contribution in [3.05, 3.63) is 23.8 Å². The lowest BCUT2D eigenvalue weighted by molar-refractivity contribution is 0.315. The zero-order chi connectivity index (χ0) is 10.1. The Bertz CT molecular complexity index is 168. The highest BCUT2D eigenvalue weighted by molar-refractivity contribution is 5.18. The summed E-state index contributed by atoms with van der Waals surface area (Å²) in [7, 11) is 0. The summed E-state index contributed by atoms with van der Waals surface area (Å²) in [5.41, 5.74) is 1.41. The van der Waals surface area contributed by atoms with Crippen molar-refractivity contribution in [2.24, 2.45) is 0 Å². The molecule has 76 valence electrons. The lowest BCUT2D eigenvalue weighted by Gasteiger charge is -2.19. The van der Waals surface area contributed by atoms with E-state index in [2.05, 4.69) is 50.8 Å². The number of nitrogens with zero attached hydrogens (tertiary/aromatic N) is 1. The van der Waals surface area contributed by atoms with Gasteiger partial charge in [-0.2, -0.15) is 0 Å². The lowest BCUT2D eigenvalue weighted by atomic mass is 10.2. The molecule has 13 heavy (non-hydrogen) atoms. The molecule has 0 rings (SSSR count). The van der Waals surface area contributed by atoms with Crippen LogP contribution in [-0.2, 0) is 0 Å². The molecule has 0 aromatic heterocycles. The summed E-state index contributed by atoms with van der Waals surface area (Å²) in [5, 5.41) is 0. The average Bonchev–Trinajstić information content (AvgIpc) is 2.16. The predicted octanol–water partition coefficient (Wildman–Crippen LogP) is 3.24. The fraction of sp³-hybridized carbons (Fsp3) is 0.667. The minimum Gasteiger partial charge on any atom is -0.299 e. The number of likely N-dealkylation sites (N-methyl/N-ethyl adjacent to an activating group) is 1. The molecule has 0 aliphatic heterocycles. The molecular weight excluding hydrogens is 158 g/mol. The monoisotopic (exact) mass is 181 g/mol. The van der Waals surface area contributed by atoms with E-state index in [1.165, 1.54) is 18.5 Å². The molecule has 0 spiro atoms. The second-order valence-corrected chi connectivity index (χ2v) is 3.23. The highest BCUT2D eigenvalue weighted by atomic mass is 15.1. The summed E-state index contributed by atoms with van der Waals surface area (Å²) in [4.78, 5) is 2.47. The van der Waals surface area contributed by atoms with Crippen LogP contribution in [-0.4, -0.2) is 24.5 Å². The second-order valence-electron chi connectivity index (χ2n) is 3.23. The Balaban J connectivity index is 4.03. The zero-order valence-corrected chi connectivity index (χ0v) is 9.51. The van der Waals surface area contributed by atoms with Crippen molar-refractivity contribution in [2.75, 3.05) is 19.6 Å². The third-order valence-corrected chi connectivity index (χ3v) is 2.14. The van der Waals surface area contributed by atoms with Crippen molar-refractivity contribution in [1.82, 2.24) is 4.90 Å². The maximum Gasteiger partial charge on any atom is 0.0230 e. The van der Waals surface area contributed by atoms with E-state index in [1.54, 1.807) is 0 Å². The van der Waals surface area contributed by atoms with Gasteiger partial charge in [-0.1, -0.05) is 32.1 Å². The topological polar surface area (TPSA) is 3.24 Å². The summed E-state index contributed by atoms with van der Waals surface area (Å²) in [6, 6.07) is 0. The molecule has 0 radical (unpaired) electrons. The number of hydrogen-bond donors (Lipinski definition) is 0. The summed E-state index contributed by atoms with van der Waals surface area (Å²) in [6.07, 6.45) is 7.73. The zero-order valence-electron chi connectivity index (χ0n) is 9.51. The Morgan fingerprint density at radius 1 is 1.23 bits per heavy atom. The van der Waals surface area contributed by atoms with Crippen LogP contribution in [0.1, 0.15) is 34.1 Å². The van der Waals surface area contributed by atoms with Crippen LogP contribution >= 0.6 is 0 Å². The van der Waals surface area contributed by atoms with Crippen LogP contribution in [0.15, 0.2) is 23.8 Å². The fourth-order valence-electron chi connectivity index (χ4n) is 1.38. The van der Waals surface area contributed by atoms with Crippen molar-refractivity contribution >= 4 is 0 Å². The van der Waals surface area contributed by atoms with E-state index in [0.717, 1.165) is 13.1 Å². The van der Waals surface area contributed by atoms with Crippen molar-refractivity contribution in [1.29, 1.82) is 0 Å². The standard InChI is InChI=1S/C12H23N/c1-5-9-12(7-3)11-13(8-4)10-6-2/h5,7,9H,6,8,10-11H2,1-4H3/b9-5-,12-7+. The van der Waals surface area contributed by atoms with Crippen LogP contribution in [0.2, 0.25) is 0 Å². The molecule has 0 amide bonds. The van der Waals surface area contributed by atoms with E-state index in [-0.39, 0.29) is 0 Å². The third kappa shape index (κ3) is 5.64. The minimum absolute atomic E-state index is 1.09. The van der Waals surface area contributed by atoms with Gasteiger partial charge in [0.15, 0.2) is 0 Å². The first kappa shape index (κ1) is 12.4. The highest BCUT2D eigenvalue weighted by Crippen LogP contribution is 2.02. The highest BCUT2D eigenvalue weighted by Gasteiger charge is 2.01. The Hall–Kier alpha value is -0.560. The maximum absolute atomic E-state index is 2.47. The van der Waals surface area contributed by atoms with Gasteiger partial charge in [0.25, 0.3) is 0 Å². The Kier molecular flexibility index (Phi) is 7.71. The SMILES string of the molecule is C/C=C\C(=C/C)CN(CC)CCC. The van der Waals surface area contributed by atoms with Crippen LogP contribution in [0.25, 0.3) is 0 Å². The Morgan fingerprint density at radius 2 is 1.92 bits per heavy atom. The van der Waals surface area contributed by atoms with Gasteiger partial charge in [0.1, 0.15) is 0 Å². The normalized spacial score (nSPS) is 13.2. The van der Waals surface area contributed by atoms with Crippen molar-refractivity contribution < 1.29 is 0 Å². The van der Waals surface area contributed by atoms with E-state index < -0.39 is 0 Å². The molecule has 0 unspecified atom stereocenters. The molecule has 0 aliphatic rings. The van der Waals surface area contributed by atoms with Crippen LogP contribution in [0, 0.1) is 0 Å². The first-order valence-electron chi connectivity index (χ1n) is 5.28. The Morgan fingerprint density at radius 3 is 2.31 bits per heavy atom. The van der Waals surface area contributed by atoms with E-state index in [0.29, 0.717) is 0 Å². The van der Waals surface area contributed by atoms with Gasteiger partial charge in [0.05, 0.1) is 0 Å². The minimum atomic E-state index is 1.09. The molecule has 0 heterocycles. The smallest absolute Gasteiger partial charge is 0.0230 e. The third-order valence-electron chi connectivity index (χ3n) is 2.14. The first-order chi connectivity index (χ1) is 6.28. The van der Waals surface area contributed by atoms with Gasteiger partial charge in [0, 0.05) is 6.54 Å². The molecular formula is C12H23N. The van der Waals surface area contributed by atoms with E-state index in [1.807, 2.05) is 0 Å². The Labute approximate surface area is 83.1 Å². The van der Waals surface area contributed by atoms with Crippen LogP contribution in [0.4, 0.5) is 0 Å². The van der Waals surface area contributed by atoms with Gasteiger partial charge in [-0.3, -0.25) is 4.90 Å². The molecule has 0 aromatic carbocycles. The van der Waals surface area contributed by atoms with E-state index in [4.69, 9.17) is 0 Å². The van der Waals surface area contributed by atoms with Gasteiger partial charge >= 0.3 is 0 Å². The number of allylic oxidation sites excluding steroid dienone is 2. The molecule has 0 atom stereocenters. The largest absolute Gasteiger partial charge is 0.299 e. The molecule has 0 saturated heterocycles. The second kappa shape index (κ2) is 8.06. The molecule has 0 saturated carbocycles. The summed E-state index contributed by atoms with van der Waals surface area (Å²) < 4.78 is 0. The number of hydrogen-bond acceptors (Lipinski definition) is 1. The van der Waals surface area contributed by atoms with Gasteiger partial charge in [-0.25, -0.2) is 0 Å². The summed E-state index contributed by atoms with van der Waals surface area (Å²) >= 11 is 0. The van der Waals surface area contributed by atoms with E-state index >= 15 is 0 Å². The van der Waals surface area contributed by atoms with Gasteiger partial charge in [-0.05, 0) is 38.9 Å². The van der Waals surface area contributed by atoms with Crippen molar-refractivity contribution in [3.8, 4) is 0 Å². The molecule has 0 aromatic rings. The van der Waals surface area contributed by atoms with Crippen LogP contribution in [0.5, 0.6) is 0 Å². The predicted molar refractivity (Wildman–Crippen MR) is 61.0 cm³/mol. The summed E-state index contributed by atoms with van der Waals surface area (Å²) in [6.45, 7) is 12.1. The van der Waals surface area contributed by atoms with Gasteiger partial charge in [-0.15, -0.1) is 0 Å². The molecule has 1 nitrogen and oxygen atoms in total. The van der Waals surface area contributed by atoms with Gasteiger partial charge < -0.3 is 0 Å². The van der Waals surface area contributed by atoms with Crippen LogP contribution < -0.4 is 0 Å². The van der Waals surface area contributed by atoms with E-state index in [9.17, 15) is 0 Å². The average molecular weight is 181 g/mol. The lowest BCUT2D eigenvalue weighted by Crippen LogP contribution is -2.26. The first-order valence-corrected chi connectivity index (χ1v) is 5.28. The van der Waals surface area contributed by atoms with Crippen molar-refractivity contribution in [3.63, 3.8) is 0 Å². The molecule has 0 fully saturated rings. The fourth-order valence-corrected chi connectivity index (χ4v) is 1.38. The molecule has 0 bridgehead atoms.